The number of urea groups is 1. The van der Waals surface area contributed by atoms with E-state index in [2.05, 4.69) is 10.4 Å². The number of fused-ring (bicyclic) bond motifs is 1. The smallest absolute Gasteiger partial charge is 0.322 e. The number of aliphatic hydroxyl groups excluding tert-OH is 1. The second kappa shape index (κ2) is 6.57. The molecule has 2 N–H and O–H groups in total. The number of likely N-dealkylation sites (tertiary alicyclic amines) is 1. The van der Waals surface area contributed by atoms with E-state index in [-0.39, 0.29) is 18.7 Å². The van der Waals surface area contributed by atoms with Gasteiger partial charge in [-0.3, -0.25) is 0 Å². The number of para-hydroxylation sites is 1. The van der Waals surface area contributed by atoms with Crippen LogP contribution in [0.1, 0.15) is 12.8 Å². The largest absolute Gasteiger partial charge is 0.394 e. The number of hydrogen-bond acceptors (Lipinski definition) is 3. The molecule has 1 aromatic heterocycles. The van der Waals surface area contributed by atoms with Crippen molar-refractivity contribution in [3.63, 3.8) is 0 Å². The molecule has 0 saturated carbocycles. The number of carbonyl (C=O) groups excluding carboxylic acids is 1. The minimum absolute atomic E-state index is 0.0126. The quantitative estimate of drug-likeness (QED) is 0.772. The lowest BCUT2D eigenvalue weighted by atomic mass is 10.2. The van der Waals surface area contributed by atoms with Gasteiger partial charge in [0, 0.05) is 17.6 Å². The molecule has 25 heavy (non-hydrogen) atoms. The summed E-state index contributed by atoms with van der Waals surface area (Å²) >= 11 is 0. The zero-order valence-corrected chi connectivity index (χ0v) is 13.8. The van der Waals surface area contributed by atoms with E-state index in [1.807, 2.05) is 59.4 Å². The fourth-order valence-electron chi connectivity index (χ4n) is 3.35. The van der Waals surface area contributed by atoms with Crippen LogP contribution in [0, 0.1) is 0 Å². The van der Waals surface area contributed by atoms with Crippen LogP contribution >= 0.6 is 0 Å². The number of benzene rings is 2. The summed E-state index contributed by atoms with van der Waals surface area (Å²) in [6.45, 7) is 0.702. The first-order valence-corrected chi connectivity index (χ1v) is 8.48. The SMILES string of the molecule is O=C(Nc1ccc(-n2ncc3ccccc32)cc1)N1CCC[C@@H]1CO. The van der Waals surface area contributed by atoms with Crippen molar-refractivity contribution >= 4 is 22.6 Å². The van der Waals surface area contributed by atoms with E-state index in [1.54, 1.807) is 4.90 Å². The van der Waals surface area contributed by atoms with Crippen LogP contribution in [0.4, 0.5) is 10.5 Å². The van der Waals surface area contributed by atoms with Crippen molar-refractivity contribution in [2.75, 3.05) is 18.5 Å². The Morgan fingerprint density at radius 2 is 2.00 bits per heavy atom. The molecule has 1 aliphatic rings. The number of nitrogens with one attached hydrogen (secondary N) is 1. The average molecular weight is 336 g/mol. The molecule has 0 spiro atoms. The van der Waals surface area contributed by atoms with Gasteiger partial charge in [-0.15, -0.1) is 0 Å². The molecule has 1 atom stereocenters. The molecular weight excluding hydrogens is 316 g/mol. The number of carbonyl (C=O) groups is 1. The lowest BCUT2D eigenvalue weighted by molar-refractivity contribution is 0.166. The van der Waals surface area contributed by atoms with Crippen LogP contribution in [-0.2, 0) is 0 Å². The van der Waals surface area contributed by atoms with Crippen LogP contribution in [0.2, 0.25) is 0 Å². The first kappa shape index (κ1) is 15.7. The van der Waals surface area contributed by atoms with Crippen LogP contribution < -0.4 is 5.32 Å². The van der Waals surface area contributed by atoms with Gasteiger partial charge in [0.15, 0.2) is 0 Å². The van der Waals surface area contributed by atoms with Crippen molar-refractivity contribution in [1.29, 1.82) is 0 Å². The number of amides is 2. The molecule has 0 radical (unpaired) electrons. The summed E-state index contributed by atoms with van der Waals surface area (Å²) in [4.78, 5) is 14.1. The maximum atomic E-state index is 12.4. The van der Waals surface area contributed by atoms with Crippen molar-refractivity contribution in [2.24, 2.45) is 0 Å². The normalized spacial score (nSPS) is 17.2. The van der Waals surface area contributed by atoms with E-state index in [4.69, 9.17) is 0 Å². The third-order valence-electron chi connectivity index (χ3n) is 4.69. The van der Waals surface area contributed by atoms with Crippen molar-refractivity contribution < 1.29 is 9.90 Å². The molecule has 0 unspecified atom stereocenters. The van der Waals surface area contributed by atoms with Gasteiger partial charge in [0.05, 0.1) is 30.0 Å². The summed E-state index contributed by atoms with van der Waals surface area (Å²) in [5, 5.41) is 17.8. The summed E-state index contributed by atoms with van der Waals surface area (Å²) in [7, 11) is 0. The summed E-state index contributed by atoms with van der Waals surface area (Å²) in [5.74, 6) is 0. The minimum Gasteiger partial charge on any atom is -0.394 e. The predicted molar refractivity (Wildman–Crippen MR) is 96.9 cm³/mol. The van der Waals surface area contributed by atoms with Crippen LogP contribution in [-0.4, -0.2) is 45.0 Å². The standard InChI is InChI=1S/C19H20N4O2/c24-13-17-5-3-11-22(17)19(25)21-15-7-9-16(10-8-15)23-18-6-2-1-4-14(18)12-20-23/h1-2,4,6-10,12,17,24H,3,5,11,13H2,(H,21,25)/t17-/m1/s1. The highest BCUT2D eigenvalue weighted by Crippen LogP contribution is 2.21. The van der Waals surface area contributed by atoms with Gasteiger partial charge in [0.25, 0.3) is 0 Å². The fraction of sp³-hybridized carbons (Fsp3) is 0.263. The van der Waals surface area contributed by atoms with E-state index < -0.39 is 0 Å². The molecule has 6 nitrogen and oxygen atoms in total. The summed E-state index contributed by atoms with van der Waals surface area (Å²) in [6, 6.07) is 15.4. The highest BCUT2D eigenvalue weighted by atomic mass is 16.3. The van der Waals surface area contributed by atoms with Crippen molar-refractivity contribution in [1.82, 2.24) is 14.7 Å². The number of anilines is 1. The Hall–Kier alpha value is -2.86. The van der Waals surface area contributed by atoms with Gasteiger partial charge in [-0.25, -0.2) is 9.48 Å². The van der Waals surface area contributed by atoms with Gasteiger partial charge in [0.2, 0.25) is 0 Å². The molecular formula is C19H20N4O2. The second-order valence-electron chi connectivity index (χ2n) is 6.26. The molecule has 4 rings (SSSR count). The van der Waals surface area contributed by atoms with E-state index >= 15 is 0 Å². The Balaban J connectivity index is 1.51. The Bertz CT molecular complexity index is 888. The van der Waals surface area contributed by atoms with E-state index in [0.717, 1.165) is 35.1 Å². The van der Waals surface area contributed by atoms with E-state index in [1.165, 1.54) is 0 Å². The molecule has 6 heteroatoms. The third kappa shape index (κ3) is 2.96. The van der Waals surface area contributed by atoms with Gasteiger partial charge in [-0.1, -0.05) is 18.2 Å². The molecule has 1 saturated heterocycles. The second-order valence-corrected chi connectivity index (χ2v) is 6.26. The van der Waals surface area contributed by atoms with Crippen LogP contribution in [0.3, 0.4) is 0 Å². The molecule has 0 aliphatic carbocycles. The molecule has 2 aromatic carbocycles. The number of nitrogens with zero attached hydrogens (tertiary/aromatic N) is 3. The maximum Gasteiger partial charge on any atom is 0.322 e. The minimum atomic E-state index is -0.158. The number of aromatic nitrogens is 2. The van der Waals surface area contributed by atoms with Crippen molar-refractivity contribution in [2.45, 2.75) is 18.9 Å². The Morgan fingerprint density at radius 3 is 2.80 bits per heavy atom. The maximum absolute atomic E-state index is 12.4. The summed E-state index contributed by atoms with van der Waals surface area (Å²) in [6.07, 6.45) is 3.63. The molecule has 1 fully saturated rings. The van der Waals surface area contributed by atoms with Crippen molar-refractivity contribution in [3.8, 4) is 5.69 Å². The topological polar surface area (TPSA) is 70.4 Å². The summed E-state index contributed by atoms with van der Waals surface area (Å²) in [5.41, 5.74) is 2.71. The number of aliphatic hydroxyl groups is 1. The van der Waals surface area contributed by atoms with Gasteiger partial charge >= 0.3 is 6.03 Å². The lowest BCUT2D eigenvalue weighted by Crippen LogP contribution is -2.40. The monoisotopic (exact) mass is 336 g/mol. The van der Waals surface area contributed by atoms with Gasteiger partial charge in [-0.05, 0) is 43.2 Å². The van der Waals surface area contributed by atoms with Gasteiger partial charge in [-0.2, -0.15) is 5.10 Å². The van der Waals surface area contributed by atoms with E-state index in [0.29, 0.717) is 6.54 Å². The predicted octanol–water partition coefficient (Wildman–Crippen LogP) is 3.01. The number of hydrogen-bond donors (Lipinski definition) is 2. The van der Waals surface area contributed by atoms with Crippen LogP contribution in [0.5, 0.6) is 0 Å². The third-order valence-corrected chi connectivity index (χ3v) is 4.69. The van der Waals surface area contributed by atoms with Crippen LogP contribution in [0.25, 0.3) is 16.6 Å². The zero-order valence-electron chi connectivity index (χ0n) is 13.8. The Morgan fingerprint density at radius 1 is 1.20 bits per heavy atom. The Kier molecular flexibility index (Phi) is 4.11. The molecule has 128 valence electrons. The first-order chi connectivity index (χ1) is 12.3. The molecule has 2 heterocycles. The molecule has 3 aromatic rings. The summed E-state index contributed by atoms with van der Waals surface area (Å²) < 4.78 is 1.88. The Labute approximate surface area is 145 Å². The highest BCUT2D eigenvalue weighted by Gasteiger charge is 2.27. The number of rotatable bonds is 3. The zero-order chi connectivity index (χ0) is 17.2. The van der Waals surface area contributed by atoms with Gasteiger partial charge < -0.3 is 15.3 Å². The molecule has 0 bridgehead atoms. The van der Waals surface area contributed by atoms with E-state index in [9.17, 15) is 9.90 Å². The highest BCUT2D eigenvalue weighted by molar-refractivity contribution is 5.90. The van der Waals surface area contributed by atoms with Crippen molar-refractivity contribution in [3.05, 3.63) is 54.7 Å². The van der Waals surface area contributed by atoms with Crippen LogP contribution in [0.15, 0.2) is 54.7 Å². The molecule has 1 aliphatic heterocycles. The fourth-order valence-corrected chi connectivity index (χ4v) is 3.35. The molecule has 2 amide bonds. The first-order valence-electron chi connectivity index (χ1n) is 8.48. The lowest BCUT2D eigenvalue weighted by Gasteiger charge is -2.23. The average Bonchev–Trinajstić information content (AvgIpc) is 3.29. The van der Waals surface area contributed by atoms with Gasteiger partial charge in [0.1, 0.15) is 0 Å².